The molecule has 2 N–H and O–H groups in total. The van der Waals surface area contributed by atoms with Gasteiger partial charge < -0.3 is 19.5 Å². The van der Waals surface area contributed by atoms with Crippen LogP contribution in [0.1, 0.15) is 53.1 Å². The molecule has 4 atom stereocenters. The topological polar surface area (TPSA) is 83.5 Å². The lowest BCUT2D eigenvalue weighted by atomic mass is 9.36. The second kappa shape index (κ2) is 8.77. The zero-order chi connectivity index (χ0) is 28.1. The summed E-state index contributed by atoms with van der Waals surface area (Å²) in [6.07, 6.45) is 4.34. The predicted octanol–water partition coefficient (Wildman–Crippen LogP) is 6.06. The van der Waals surface area contributed by atoms with Gasteiger partial charge in [-0.15, -0.1) is 0 Å². The number of fused-ring (bicyclic) bond motifs is 1. The molecule has 1 amide bonds. The molecule has 4 unspecified atom stereocenters. The molecule has 4 aromatic rings. The molecule has 210 valence electrons. The first-order valence-corrected chi connectivity index (χ1v) is 14.8. The van der Waals surface area contributed by atoms with Gasteiger partial charge in [0.1, 0.15) is 17.0 Å². The van der Waals surface area contributed by atoms with Crippen LogP contribution in [0.25, 0.3) is 11.3 Å². The van der Waals surface area contributed by atoms with Crippen molar-refractivity contribution >= 4 is 23.5 Å². The van der Waals surface area contributed by atoms with E-state index in [0.717, 1.165) is 66.1 Å². The van der Waals surface area contributed by atoms with Gasteiger partial charge in [-0.3, -0.25) is 4.79 Å². The monoisotopic (exact) mass is 574 g/mol. The van der Waals surface area contributed by atoms with Gasteiger partial charge in [-0.05, 0) is 68.7 Å². The average molecular weight is 575 g/mol. The number of halogens is 2. The van der Waals surface area contributed by atoms with Crippen LogP contribution in [0.2, 0.25) is 0 Å². The number of piperidine rings is 2. The third kappa shape index (κ3) is 3.32. The minimum atomic E-state index is -1.01. The molecule has 2 aliphatic heterocycles. The Bertz CT molecular complexity index is 1710. The van der Waals surface area contributed by atoms with Crippen molar-refractivity contribution in [3.05, 3.63) is 88.9 Å². The molecule has 2 aromatic carbocycles. The number of nitrogens with zero attached hydrogens (tertiary/aromatic N) is 3. The molecule has 10 heteroatoms. The van der Waals surface area contributed by atoms with Crippen molar-refractivity contribution in [2.45, 2.75) is 68.2 Å². The van der Waals surface area contributed by atoms with Crippen molar-refractivity contribution in [2.24, 2.45) is 5.41 Å². The van der Waals surface area contributed by atoms with E-state index in [0.29, 0.717) is 23.6 Å². The van der Waals surface area contributed by atoms with E-state index in [9.17, 15) is 18.7 Å². The Morgan fingerprint density at radius 1 is 1.15 bits per heavy atom. The number of hydrogen-bond donors (Lipinski definition) is 2. The Balaban J connectivity index is 1.04. The van der Waals surface area contributed by atoms with Gasteiger partial charge >= 0.3 is 0 Å². The van der Waals surface area contributed by atoms with Crippen LogP contribution in [-0.2, 0) is 18.6 Å². The summed E-state index contributed by atoms with van der Waals surface area (Å²) >= 11 is 1.70. The Morgan fingerprint density at radius 2 is 1.98 bits per heavy atom. The van der Waals surface area contributed by atoms with Gasteiger partial charge in [-0.2, -0.15) is 0 Å². The number of aromatic nitrogens is 2. The molecule has 2 aromatic heterocycles. The standard InChI is InChI=1S/C31H28F2N4O3S/c1-17-27(29(38)34-19-9-10-20(32)21(33)14-19)36-13-5-8-22(36)28(17)41-37-25-11-12-30(25)26(37)16-31(30,39)24-15-23(40-35-24)18-6-3-2-4-7-18/h2-4,6-7,9-10,14-15,25-26,39H,5,8,11-13,16H2,1H3,(H,34,38). The van der Waals surface area contributed by atoms with Crippen molar-refractivity contribution < 1.29 is 23.2 Å². The smallest absolute Gasteiger partial charge is 0.272 e. The van der Waals surface area contributed by atoms with Crippen molar-refractivity contribution in [1.82, 2.24) is 14.0 Å². The van der Waals surface area contributed by atoms with E-state index >= 15 is 0 Å². The van der Waals surface area contributed by atoms with Gasteiger partial charge in [0, 0.05) is 58.0 Å². The number of rotatable bonds is 6. The molecule has 2 aliphatic carbocycles. The van der Waals surface area contributed by atoms with E-state index in [4.69, 9.17) is 4.52 Å². The van der Waals surface area contributed by atoms with Gasteiger partial charge in [0.25, 0.3) is 5.91 Å². The van der Waals surface area contributed by atoms with Crippen molar-refractivity contribution in [1.29, 1.82) is 0 Å². The summed E-state index contributed by atoms with van der Waals surface area (Å²) in [6, 6.07) is 15.5. The van der Waals surface area contributed by atoms with Gasteiger partial charge in [0.2, 0.25) is 0 Å². The van der Waals surface area contributed by atoms with Gasteiger partial charge in [-0.25, -0.2) is 13.1 Å². The summed E-state index contributed by atoms with van der Waals surface area (Å²) in [6.45, 7) is 2.70. The first kappa shape index (κ1) is 25.3. The summed E-state index contributed by atoms with van der Waals surface area (Å²) in [5.41, 5.74) is 3.11. The van der Waals surface area contributed by atoms with Crippen LogP contribution in [-0.4, -0.2) is 37.1 Å². The molecule has 4 heterocycles. The number of anilines is 1. The maximum absolute atomic E-state index is 13.7. The second-order valence-electron chi connectivity index (χ2n) is 11.7. The molecule has 0 radical (unpaired) electrons. The van der Waals surface area contributed by atoms with Crippen LogP contribution in [0.4, 0.5) is 14.5 Å². The average Bonchev–Trinajstić information content (AvgIpc) is 3.67. The fraction of sp³-hybridized carbons (Fsp3) is 0.355. The Hall–Kier alpha value is -3.47. The van der Waals surface area contributed by atoms with Gasteiger partial charge in [-0.1, -0.05) is 35.5 Å². The van der Waals surface area contributed by atoms with Crippen LogP contribution < -0.4 is 5.32 Å². The maximum Gasteiger partial charge on any atom is 0.272 e. The molecule has 41 heavy (non-hydrogen) atoms. The lowest BCUT2D eigenvalue weighted by Gasteiger charge is -2.81. The summed E-state index contributed by atoms with van der Waals surface area (Å²) in [5.74, 6) is -1.63. The number of carbonyl (C=O) groups is 1. The summed E-state index contributed by atoms with van der Waals surface area (Å²) in [7, 11) is 0. The molecule has 8 rings (SSSR count). The number of nitrogens with one attached hydrogen (secondary N) is 1. The highest BCUT2D eigenvalue weighted by atomic mass is 32.2. The fourth-order valence-electron chi connectivity index (χ4n) is 7.70. The number of benzene rings is 2. The van der Waals surface area contributed by atoms with Crippen LogP contribution >= 0.6 is 11.9 Å². The van der Waals surface area contributed by atoms with Crippen LogP contribution in [0.15, 0.2) is 64.0 Å². The molecule has 7 nitrogen and oxygen atoms in total. The number of hydrogen-bond acceptors (Lipinski definition) is 6. The maximum atomic E-state index is 13.7. The molecule has 2 saturated carbocycles. The molecular formula is C31H28F2N4O3S. The molecule has 3 fully saturated rings. The van der Waals surface area contributed by atoms with Crippen LogP contribution in [0.3, 0.4) is 0 Å². The SMILES string of the molecule is Cc1c(SN2C3CCC34C2CC4(O)c2cc(-c3ccccc3)on2)c2n(c1C(=O)Nc1ccc(F)c(F)c1)CCC2. The highest BCUT2D eigenvalue weighted by Crippen LogP contribution is 2.77. The van der Waals surface area contributed by atoms with E-state index in [2.05, 4.69) is 19.3 Å². The minimum Gasteiger partial charge on any atom is -0.383 e. The normalized spacial score (nSPS) is 27.7. The number of amides is 1. The summed E-state index contributed by atoms with van der Waals surface area (Å²) < 4.78 is 37.3. The Labute approximate surface area is 239 Å². The van der Waals surface area contributed by atoms with Crippen molar-refractivity contribution in [3.8, 4) is 11.3 Å². The quantitative estimate of drug-likeness (QED) is 0.273. The lowest BCUT2D eigenvalue weighted by Crippen LogP contribution is -2.88. The van der Waals surface area contributed by atoms with E-state index in [1.165, 1.54) is 6.07 Å². The van der Waals surface area contributed by atoms with E-state index in [1.807, 2.05) is 43.3 Å². The largest absolute Gasteiger partial charge is 0.383 e. The van der Waals surface area contributed by atoms with E-state index < -0.39 is 17.2 Å². The third-order valence-electron chi connectivity index (χ3n) is 9.82. The van der Waals surface area contributed by atoms with Crippen molar-refractivity contribution in [3.63, 3.8) is 0 Å². The van der Waals surface area contributed by atoms with Crippen molar-refractivity contribution in [2.75, 3.05) is 5.32 Å². The summed E-state index contributed by atoms with van der Waals surface area (Å²) in [5, 5.41) is 19.0. The Morgan fingerprint density at radius 3 is 2.71 bits per heavy atom. The van der Waals surface area contributed by atoms with Gasteiger partial charge in [0.05, 0.1) is 0 Å². The zero-order valence-corrected chi connectivity index (χ0v) is 23.2. The number of aliphatic hydroxyl groups is 1. The fourth-order valence-corrected chi connectivity index (χ4v) is 9.28. The molecule has 1 saturated heterocycles. The molecule has 1 spiro atoms. The predicted molar refractivity (Wildman–Crippen MR) is 149 cm³/mol. The third-order valence-corrected chi connectivity index (χ3v) is 11.3. The molecule has 4 aliphatic rings. The lowest BCUT2D eigenvalue weighted by molar-refractivity contribution is -0.349. The van der Waals surface area contributed by atoms with E-state index in [-0.39, 0.29) is 29.1 Å². The zero-order valence-electron chi connectivity index (χ0n) is 22.4. The first-order valence-electron chi connectivity index (χ1n) is 14.0. The minimum absolute atomic E-state index is 0.212. The highest BCUT2D eigenvalue weighted by molar-refractivity contribution is 7.97. The van der Waals surface area contributed by atoms with E-state index in [1.54, 1.807) is 11.9 Å². The first-order chi connectivity index (χ1) is 19.8. The second-order valence-corrected chi connectivity index (χ2v) is 12.7. The molecule has 0 bridgehead atoms. The molecular weight excluding hydrogens is 546 g/mol. The highest BCUT2D eigenvalue weighted by Gasteiger charge is 2.83. The number of carbonyl (C=O) groups excluding carboxylic acids is 1. The van der Waals surface area contributed by atoms with Crippen LogP contribution in [0, 0.1) is 24.0 Å². The van der Waals surface area contributed by atoms with Gasteiger partial charge in [0.15, 0.2) is 17.4 Å². The van der Waals surface area contributed by atoms with Crippen LogP contribution in [0.5, 0.6) is 0 Å². The summed E-state index contributed by atoms with van der Waals surface area (Å²) in [4.78, 5) is 14.4. The Kier molecular flexibility index (Phi) is 5.40.